The van der Waals surface area contributed by atoms with Gasteiger partial charge < -0.3 is 14.4 Å². The Labute approximate surface area is 66.7 Å². The lowest BCUT2D eigenvalue weighted by atomic mass is 11.0. The summed E-state index contributed by atoms with van der Waals surface area (Å²) >= 11 is 0. The van der Waals surface area contributed by atoms with Gasteiger partial charge in [-0.15, -0.1) is 0 Å². The van der Waals surface area contributed by atoms with Gasteiger partial charge in [0.1, 0.15) is 5.91 Å². The summed E-state index contributed by atoms with van der Waals surface area (Å²) in [5.74, 6) is 0.0741. The number of nitrogens with zero attached hydrogens (tertiary/aromatic N) is 1. The van der Waals surface area contributed by atoms with E-state index in [2.05, 4.69) is 0 Å². The molecule has 0 aromatic carbocycles. The Morgan fingerprint density at radius 1 is 1.10 bits per heavy atom. The number of rotatable bonds is 2. The highest BCUT2D eigenvalue weighted by molar-refractivity contribution is 6.09. The zero-order chi connectivity index (χ0) is 8.57. The van der Waals surface area contributed by atoms with Crippen LogP contribution in [0.4, 0.5) is 0 Å². The molecular formula is C6H19NO2Si. The lowest BCUT2D eigenvalue weighted by Gasteiger charge is -2.03. The van der Waals surface area contributed by atoms with Gasteiger partial charge in [-0.05, 0) is 21.1 Å². The summed E-state index contributed by atoms with van der Waals surface area (Å²) in [6, 6.07) is 0. The molecular weight excluding hydrogens is 146 g/mol. The molecule has 4 heteroatoms. The molecule has 64 valence electrons. The molecule has 0 aliphatic rings. The second kappa shape index (κ2) is 9.10. The summed E-state index contributed by atoms with van der Waals surface area (Å²) in [5, 5.41) is 0. The zero-order valence-electron chi connectivity index (χ0n) is 7.84. The van der Waals surface area contributed by atoms with E-state index in [0.29, 0.717) is 0 Å². The molecule has 0 heterocycles. The largest absolute Gasteiger partial charge is 0.361 e. The van der Waals surface area contributed by atoms with Crippen molar-refractivity contribution in [1.29, 1.82) is 0 Å². The number of hydrogen-bond acceptors (Lipinski definition) is 3. The molecule has 0 bridgehead atoms. The molecule has 0 fully saturated rings. The highest BCUT2D eigenvalue weighted by atomic mass is 28.1. The Morgan fingerprint density at radius 3 is 1.30 bits per heavy atom. The molecule has 0 amide bonds. The topological polar surface area (TPSA) is 21.7 Å². The molecule has 0 N–H and O–H groups in total. The Balaban J connectivity index is 0. The van der Waals surface area contributed by atoms with Gasteiger partial charge in [0.05, 0.1) is 10.2 Å². The van der Waals surface area contributed by atoms with E-state index >= 15 is 0 Å². The smallest absolute Gasteiger partial charge is 0.130 e. The molecule has 0 unspecified atom stereocenters. The van der Waals surface area contributed by atoms with Gasteiger partial charge in [0.2, 0.25) is 0 Å². The predicted molar refractivity (Wildman–Crippen MR) is 47.4 cm³/mol. The molecule has 0 aliphatic carbocycles. The Hall–Kier alpha value is 0.0969. The van der Waals surface area contributed by atoms with E-state index in [4.69, 9.17) is 9.47 Å². The molecule has 0 aromatic rings. The summed E-state index contributed by atoms with van der Waals surface area (Å²) in [6.07, 6.45) is 0. The van der Waals surface area contributed by atoms with Crippen LogP contribution in [-0.4, -0.2) is 56.4 Å². The zero-order valence-corrected chi connectivity index (χ0v) is 9.84. The first kappa shape index (κ1) is 12.7. The van der Waals surface area contributed by atoms with Gasteiger partial charge in [0.25, 0.3) is 0 Å². The van der Waals surface area contributed by atoms with Crippen LogP contribution in [0.2, 0.25) is 0 Å². The summed E-state index contributed by atoms with van der Waals surface area (Å²) in [6.45, 7) is 0. The van der Waals surface area contributed by atoms with Gasteiger partial charge in [0, 0.05) is 14.2 Å². The van der Waals surface area contributed by atoms with Gasteiger partial charge in [-0.1, -0.05) is 0 Å². The molecule has 3 nitrogen and oxygen atoms in total. The van der Waals surface area contributed by atoms with Gasteiger partial charge in [0.15, 0.2) is 0 Å². The maximum absolute atomic E-state index is 4.74. The van der Waals surface area contributed by atoms with Crippen LogP contribution in [-0.2, 0) is 9.47 Å². The standard InChI is InChI=1S/C3H9N.C3H10O2Si/c1-4(2)3;1-4-3(6)5-2/h1-3H3;3H,1-2,6H3. The third-order valence-electron chi connectivity index (χ3n) is 0.664. The third-order valence-corrected chi connectivity index (χ3v) is 1.61. The minimum absolute atomic E-state index is 0.0741. The van der Waals surface area contributed by atoms with Crippen molar-refractivity contribution < 1.29 is 9.47 Å². The maximum Gasteiger partial charge on any atom is 0.130 e. The molecule has 0 radical (unpaired) electrons. The van der Waals surface area contributed by atoms with E-state index in [0.717, 1.165) is 10.2 Å². The van der Waals surface area contributed by atoms with Crippen molar-refractivity contribution in [3.63, 3.8) is 0 Å². The van der Waals surface area contributed by atoms with Crippen LogP contribution >= 0.6 is 0 Å². The van der Waals surface area contributed by atoms with Crippen LogP contribution in [0, 0.1) is 0 Å². The molecule has 0 aromatic heterocycles. The van der Waals surface area contributed by atoms with Crippen molar-refractivity contribution in [2.24, 2.45) is 0 Å². The molecule has 0 atom stereocenters. The summed E-state index contributed by atoms with van der Waals surface area (Å²) in [7, 11) is 10.2. The number of methoxy groups -OCH3 is 2. The van der Waals surface area contributed by atoms with E-state index in [-0.39, 0.29) is 5.91 Å². The van der Waals surface area contributed by atoms with Crippen LogP contribution in [0.1, 0.15) is 0 Å². The van der Waals surface area contributed by atoms with E-state index < -0.39 is 0 Å². The van der Waals surface area contributed by atoms with Crippen molar-refractivity contribution in [3.05, 3.63) is 0 Å². The van der Waals surface area contributed by atoms with E-state index in [9.17, 15) is 0 Å². The second-order valence-electron chi connectivity index (χ2n) is 2.38. The average molecular weight is 165 g/mol. The molecule has 0 spiro atoms. The van der Waals surface area contributed by atoms with Gasteiger partial charge >= 0.3 is 0 Å². The molecule has 0 rings (SSSR count). The summed E-state index contributed by atoms with van der Waals surface area (Å²) < 4.78 is 9.48. The van der Waals surface area contributed by atoms with Crippen molar-refractivity contribution in [2.75, 3.05) is 35.4 Å². The quantitative estimate of drug-likeness (QED) is 0.391. The van der Waals surface area contributed by atoms with Crippen LogP contribution < -0.4 is 0 Å². The summed E-state index contributed by atoms with van der Waals surface area (Å²) in [5.41, 5.74) is 0. The first-order chi connectivity index (χ1) is 4.54. The third kappa shape index (κ3) is 24.3. The first-order valence-electron chi connectivity index (χ1n) is 3.21. The van der Waals surface area contributed by atoms with Crippen molar-refractivity contribution in [2.45, 2.75) is 5.91 Å². The molecule has 0 saturated carbocycles. The van der Waals surface area contributed by atoms with E-state index in [1.165, 1.54) is 0 Å². The summed E-state index contributed by atoms with van der Waals surface area (Å²) in [4.78, 5) is 2.00. The fourth-order valence-electron chi connectivity index (χ4n) is 0.0962. The molecule has 10 heavy (non-hydrogen) atoms. The molecule has 0 saturated heterocycles. The first-order valence-corrected chi connectivity index (χ1v) is 4.36. The lowest BCUT2D eigenvalue weighted by molar-refractivity contribution is -0.0411. The normalized spacial score (nSPS) is 9.90. The molecule has 0 aliphatic heterocycles. The van der Waals surface area contributed by atoms with Crippen LogP contribution in [0.3, 0.4) is 0 Å². The van der Waals surface area contributed by atoms with Crippen LogP contribution in [0.5, 0.6) is 0 Å². The minimum atomic E-state index is 0.0741. The van der Waals surface area contributed by atoms with Crippen molar-refractivity contribution in [3.8, 4) is 0 Å². The minimum Gasteiger partial charge on any atom is -0.361 e. The number of ether oxygens (including phenoxy) is 2. The fraction of sp³-hybridized carbons (Fsp3) is 1.00. The van der Waals surface area contributed by atoms with Gasteiger partial charge in [-0.3, -0.25) is 0 Å². The van der Waals surface area contributed by atoms with Gasteiger partial charge in [-0.2, -0.15) is 0 Å². The SMILES string of the molecule is CN(C)C.COC([SiH3])OC. The Morgan fingerprint density at radius 2 is 1.30 bits per heavy atom. The Bertz CT molecular complexity index is 55.0. The highest BCUT2D eigenvalue weighted by Gasteiger charge is 1.87. The second-order valence-corrected chi connectivity index (χ2v) is 3.32. The monoisotopic (exact) mass is 165 g/mol. The van der Waals surface area contributed by atoms with Crippen molar-refractivity contribution >= 4 is 10.2 Å². The average Bonchev–Trinajstić information content (AvgIpc) is 1.85. The number of hydrogen-bond donors (Lipinski definition) is 0. The van der Waals surface area contributed by atoms with Crippen LogP contribution in [0.25, 0.3) is 0 Å². The Kier molecular flexibility index (Phi) is 11.6. The fourth-order valence-corrected chi connectivity index (χ4v) is 0.0962. The van der Waals surface area contributed by atoms with Gasteiger partial charge in [-0.25, -0.2) is 0 Å². The lowest BCUT2D eigenvalue weighted by Crippen LogP contribution is -2.11. The van der Waals surface area contributed by atoms with E-state index in [1.54, 1.807) is 14.2 Å². The van der Waals surface area contributed by atoms with E-state index in [1.807, 2.05) is 26.0 Å². The maximum atomic E-state index is 4.74. The predicted octanol–water partition coefficient (Wildman–Crippen LogP) is -0.894. The van der Waals surface area contributed by atoms with Crippen molar-refractivity contribution in [1.82, 2.24) is 4.90 Å². The van der Waals surface area contributed by atoms with Crippen LogP contribution in [0.15, 0.2) is 0 Å². The highest BCUT2D eigenvalue weighted by Crippen LogP contribution is 1.77.